The molecule has 2 rings (SSSR count). The van der Waals surface area contributed by atoms with E-state index in [1.807, 2.05) is 12.1 Å². The third-order valence-electron chi connectivity index (χ3n) is 3.77. The topological polar surface area (TPSA) is 50.1 Å². The summed E-state index contributed by atoms with van der Waals surface area (Å²) >= 11 is 0. The van der Waals surface area contributed by atoms with Crippen LogP contribution in [-0.2, 0) is 11.2 Å². The predicted molar refractivity (Wildman–Crippen MR) is 72.5 cm³/mol. The van der Waals surface area contributed by atoms with Gasteiger partial charge in [-0.15, -0.1) is 0 Å². The summed E-state index contributed by atoms with van der Waals surface area (Å²) in [6.45, 7) is 2.23. The first-order chi connectivity index (χ1) is 9.19. The van der Waals surface area contributed by atoms with Gasteiger partial charge in [0.25, 0.3) is 0 Å². The number of rotatable bonds is 3. The minimum Gasteiger partial charge on any atom is -0.426 e. The van der Waals surface area contributed by atoms with Crippen LogP contribution in [0.5, 0.6) is 5.75 Å². The molecule has 0 bridgehead atoms. The van der Waals surface area contributed by atoms with Gasteiger partial charge >= 0.3 is 5.97 Å². The summed E-state index contributed by atoms with van der Waals surface area (Å²) in [5, 5.41) is 8.59. The lowest BCUT2D eigenvalue weighted by Gasteiger charge is -2.24. The van der Waals surface area contributed by atoms with Crippen molar-refractivity contribution in [2.45, 2.75) is 39.0 Å². The van der Waals surface area contributed by atoms with Gasteiger partial charge in [0.2, 0.25) is 0 Å². The van der Waals surface area contributed by atoms with Crippen LogP contribution >= 0.6 is 0 Å². The molecule has 1 fully saturated rings. The maximum absolute atomic E-state index is 12.0. The Morgan fingerprint density at radius 2 is 1.89 bits per heavy atom. The highest BCUT2D eigenvalue weighted by Gasteiger charge is 2.25. The van der Waals surface area contributed by atoms with E-state index in [9.17, 15) is 4.79 Å². The minimum atomic E-state index is -0.111. The Bertz CT molecular complexity index is 465. The van der Waals surface area contributed by atoms with Crippen LogP contribution in [0.15, 0.2) is 24.3 Å². The van der Waals surface area contributed by atoms with Gasteiger partial charge < -0.3 is 4.74 Å². The maximum Gasteiger partial charge on any atom is 0.314 e. The zero-order valence-corrected chi connectivity index (χ0v) is 11.3. The van der Waals surface area contributed by atoms with Crippen LogP contribution < -0.4 is 4.74 Å². The number of nitriles is 1. The molecule has 0 atom stereocenters. The number of carbonyl (C=O) groups is 1. The lowest BCUT2D eigenvalue weighted by Crippen LogP contribution is -2.24. The van der Waals surface area contributed by atoms with Gasteiger partial charge in [0.15, 0.2) is 0 Å². The molecular weight excluding hydrogens is 238 g/mol. The normalized spacial score (nSPS) is 22.5. The lowest BCUT2D eigenvalue weighted by atomic mass is 9.83. The van der Waals surface area contributed by atoms with Gasteiger partial charge in [-0.25, -0.2) is 0 Å². The zero-order chi connectivity index (χ0) is 13.7. The number of nitrogens with zero attached hydrogens (tertiary/aromatic N) is 1. The monoisotopic (exact) mass is 257 g/mol. The van der Waals surface area contributed by atoms with E-state index in [1.165, 1.54) is 0 Å². The molecule has 0 spiro atoms. The van der Waals surface area contributed by atoms with Crippen LogP contribution in [0.1, 0.15) is 38.2 Å². The Balaban J connectivity index is 1.90. The Labute approximate surface area is 114 Å². The van der Waals surface area contributed by atoms with Crippen LogP contribution in [0.3, 0.4) is 0 Å². The van der Waals surface area contributed by atoms with E-state index in [2.05, 4.69) is 13.0 Å². The van der Waals surface area contributed by atoms with Crippen molar-refractivity contribution in [2.75, 3.05) is 0 Å². The second kappa shape index (κ2) is 6.38. The number of benzene rings is 1. The molecule has 0 radical (unpaired) electrons. The number of hydrogen-bond donors (Lipinski definition) is 0. The van der Waals surface area contributed by atoms with E-state index in [4.69, 9.17) is 10.00 Å². The first-order valence-electron chi connectivity index (χ1n) is 6.86. The smallest absolute Gasteiger partial charge is 0.314 e. The molecule has 1 aromatic rings. The summed E-state index contributed by atoms with van der Waals surface area (Å²) < 4.78 is 5.40. The van der Waals surface area contributed by atoms with Crippen LogP contribution in [-0.4, -0.2) is 5.97 Å². The SMILES string of the molecule is CC1CCC(C(=O)Oc2ccc(CC#N)cc2)CC1. The Morgan fingerprint density at radius 1 is 1.26 bits per heavy atom. The molecule has 0 unspecified atom stereocenters. The van der Waals surface area contributed by atoms with Gasteiger partial charge in [0.05, 0.1) is 18.4 Å². The third-order valence-corrected chi connectivity index (χ3v) is 3.77. The van der Waals surface area contributed by atoms with Crippen LogP contribution in [0.25, 0.3) is 0 Å². The maximum atomic E-state index is 12.0. The average Bonchev–Trinajstić information content (AvgIpc) is 2.42. The average molecular weight is 257 g/mol. The molecule has 1 saturated carbocycles. The molecule has 0 saturated heterocycles. The van der Waals surface area contributed by atoms with Gasteiger partial charge in [0, 0.05) is 0 Å². The molecule has 0 aliphatic heterocycles. The van der Waals surface area contributed by atoms with Crippen LogP contribution in [0.2, 0.25) is 0 Å². The quantitative estimate of drug-likeness (QED) is 0.615. The molecule has 3 nitrogen and oxygen atoms in total. The minimum absolute atomic E-state index is 0.0509. The van der Waals surface area contributed by atoms with E-state index in [0.717, 1.165) is 37.2 Å². The Kier molecular flexibility index (Phi) is 4.57. The summed E-state index contributed by atoms with van der Waals surface area (Å²) in [7, 11) is 0. The van der Waals surface area contributed by atoms with Gasteiger partial charge in [0.1, 0.15) is 5.75 Å². The van der Waals surface area contributed by atoms with Crippen LogP contribution in [0, 0.1) is 23.2 Å². The largest absolute Gasteiger partial charge is 0.426 e. The molecule has 19 heavy (non-hydrogen) atoms. The molecule has 3 heteroatoms. The summed E-state index contributed by atoms with van der Waals surface area (Å²) in [5.74, 6) is 1.24. The second-order valence-electron chi connectivity index (χ2n) is 5.36. The summed E-state index contributed by atoms with van der Waals surface area (Å²) in [6.07, 6.45) is 4.48. The molecule has 0 aromatic heterocycles. The fourth-order valence-corrected chi connectivity index (χ4v) is 2.46. The van der Waals surface area contributed by atoms with Crippen molar-refractivity contribution in [3.8, 4) is 11.8 Å². The molecule has 1 aliphatic rings. The molecule has 0 amide bonds. The van der Waals surface area contributed by atoms with Crippen LogP contribution in [0.4, 0.5) is 0 Å². The van der Waals surface area contributed by atoms with Crippen molar-refractivity contribution >= 4 is 5.97 Å². The third kappa shape index (κ3) is 3.82. The number of ether oxygens (including phenoxy) is 1. The van der Waals surface area contributed by atoms with Gasteiger partial charge in [-0.2, -0.15) is 5.26 Å². The van der Waals surface area contributed by atoms with E-state index < -0.39 is 0 Å². The van der Waals surface area contributed by atoms with Crippen molar-refractivity contribution in [2.24, 2.45) is 11.8 Å². The van der Waals surface area contributed by atoms with Gasteiger partial charge in [-0.05, 0) is 49.3 Å². The fraction of sp³-hybridized carbons (Fsp3) is 0.500. The number of carbonyl (C=O) groups excluding carboxylic acids is 1. The van der Waals surface area contributed by atoms with E-state index in [-0.39, 0.29) is 11.9 Å². The Morgan fingerprint density at radius 3 is 2.47 bits per heavy atom. The second-order valence-corrected chi connectivity index (χ2v) is 5.36. The summed E-state index contributed by atoms with van der Waals surface area (Å²) in [4.78, 5) is 12.0. The van der Waals surface area contributed by atoms with Crippen molar-refractivity contribution in [1.82, 2.24) is 0 Å². The number of esters is 1. The van der Waals surface area contributed by atoms with Gasteiger partial charge in [-0.1, -0.05) is 19.1 Å². The highest BCUT2D eigenvalue weighted by atomic mass is 16.5. The highest BCUT2D eigenvalue weighted by Crippen LogP contribution is 2.29. The first-order valence-corrected chi connectivity index (χ1v) is 6.86. The van der Waals surface area contributed by atoms with Crippen molar-refractivity contribution < 1.29 is 9.53 Å². The predicted octanol–water partition coefficient (Wildman–Crippen LogP) is 3.48. The van der Waals surface area contributed by atoms with Gasteiger partial charge in [-0.3, -0.25) is 4.79 Å². The first kappa shape index (κ1) is 13.6. The molecule has 0 N–H and O–H groups in total. The molecule has 100 valence electrons. The Hall–Kier alpha value is -1.82. The number of hydrogen-bond acceptors (Lipinski definition) is 3. The molecule has 1 aromatic carbocycles. The highest BCUT2D eigenvalue weighted by molar-refractivity contribution is 5.75. The summed E-state index contributed by atoms with van der Waals surface area (Å²) in [6, 6.07) is 9.27. The van der Waals surface area contributed by atoms with E-state index in [1.54, 1.807) is 12.1 Å². The van der Waals surface area contributed by atoms with Crippen molar-refractivity contribution in [3.05, 3.63) is 29.8 Å². The van der Waals surface area contributed by atoms with Crippen molar-refractivity contribution in [3.63, 3.8) is 0 Å². The van der Waals surface area contributed by atoms with Crippen molar-refractivity contribution in [1.29, 1.82) is 5.26 Å². The van der Waals surface area contributed by atoms with E-state index in [0.29, 0.717) is 12.2 Å². The zero-order valence-electron chi connectivity index (χ0n) is 11.3. The van der Waals surface area contributed by atoms with E-state index >= 15 is 0 Å². The standard InChI is InChI=1S/C16H19NO2/c1-12-2-6-14(7-3-12)16(18)19-15-8-4-13(5-9-15)10-11-17/h4-5,8-9,12,14H,2-3,6-7,10H2,1H3. The summed E-state index contributed by atoms with van der Waals surface area (Å²) in [5.41, 5.74) is 0.939. The molecule has 1 aliphatic carbocycles. The molecule has 0 heterocycles. The lowest BCUT2D eigenvalue weighted by molar-refractivity contribution is -0.140. The fourth-order valence-electron chi connectivity index (χ4n) is 2.46. The molecular formula is C16H19NO2.